The monoisotopic (exact) mass is 161 g/mol. The molecule has 0 heterocycles. The molecule has 1 N–H and O–H groups in total. The molecule has 0 aliphatic carbocycles. The molecular formula is C11H15N. The Labute approximate surface area is 74.1 Å². The Morgan fingerprint density at radius 3 is 2.42 bits per heavy atom. The summed E-state index contributed by atoms with van der Waals surface area (Å²) in [6.07, 6.45) is 5.39. The smallest absolute Gasteiger partial charge is 0.0337 e. The molecule has 0 saturated carbocycles. The number of rotatable bonds is 3. The van der Waals surface area contributed by atoms with E-state index in [9.17, 15) is 0 Å². The summed E-state index contributed by atoms with van der Waals surface area (Å²) in [5.41, 5.74) is 2.42. The second-order valence-electron chi connectivity index (χ2n) is 2.68. The van der Waals surface area contributed by atoms with Crippen molar-refractivity contribution in [1.82, 2.24) is 0 Å². The predicted molar refractivity (Wildman–Crippen MR) is 55.3 cm³/mol. The zero-order valence-electron chi connectivity index (χ0n) is 7.67. The molecule has 0 amide bonds. The van der Waals surface area contributed by atoms with Crippen molar-refractivity contribution in [1.29, 1.82) is 0 Å². The number of hydrogen-bond acceptors (Lipinski definition) is 1. The van der Waals surface area contributed by atoms with Gasteiger partial charge in [-0.05, 0) is 24.1 Å². The third-order valence-corrected chi connectivity index (χ3v) is 1.75. The van der Waals surface area contributed by atoms with E-state index in [1.807, 2.05) is 7.05 Å². The molecule has 0 radical (unpaired) electrons. The van der Waals surface area contributed by atoms with E-state index < -0.39 is 0 Å². The molecule has 1 rings (SSSR count). The van der Waals surface area contributed by atoms with Crippen LogP contribution in [0, 0.1) is 0 Å². The second kappa shape index (κ2) is 4.60. The summed E-state index contributed by atoms with van der Waals surface area (Å²) in [6, 6.07) is 8.38. The summed E-state index contributed by atoms with van der Waals surface area (Å²) >= 11 is 0. The van der Waals surface area contributed by atoms with Gasteiger partial charge in [0.2, 0.25) is 0 Å². The standard InChI is InChI=1S/C11H15N/c1-3-4-5-10-6-8-11(12-2)9-7-10/h4-9,12H,3H2,1-2H3. The van der Waals surface area contributed by atoms with Crippen LogP contribution in [0.4, 0.5) is 5.69 Å². The van der Waals surface area contributed by atoms with E-state index in [4.69, 9.17) is 0 Å². The molecule has 0 unspecified atom stereocenters. The van der Waals surface area contributed by atoms with Crippen LogP contribution in [0.15, 0.2) is 30.3 Å². The summed E-state index contributed by atoms with van der Waals surface area (Å²) in [5.74, 6) is 0. The number of hydrogen-bond donors (Lipinski definition) is 1. The number of anilines is 1. The van der Waals surface area contributed by atoms with E-state index >= 15 is 0 Å². The van der Waals surface area contributed by atoms with Gasteiger partial charge in [-0.25, -0.2) is 0 Å². The lowest BCUT2D eigenvalue weighted by atomic mass is 10.2. The quantitative estimate of drug-likeness (QED) is 0.718. The SMILES string of the molecule is CCC=Cc1ccc(NC)cc1. The normalized spacial score (nSPS) is 10.5. The zero-order valence-corrected chi connectivity index (χ0v) is 7.67. The molecule has 0 aromatic heterocycles. The van der Waals surface area contributed by atoms with Gasteiger partial charge in [-0.15, -0.1) is 0 Å². The molecule has 0 saturated heterocycles. The first-order valence-corrected chi connectivity index (χ1v) is 4.31. The van der Waals surface area contributed by atoms with E-state index in [0.29, 0.717) is 0 Å². The molecule has 64 valence electrons. The average molecular weight is 161 g/mol. The third-order valence-electron chi connectivity index (χ3n) is 1.75. The highest BCUT2D eigenvalue weighted by Crippen LogP contribution is 2.09. The number of benzene rings is 1. The average Bonchev–Trinajstić information content (AvgIpc) is 2.15. The molecule has 0 spiro atoms. The van der Waals surface area contributed by atoms with Crippen LogP contribution in [0.3, 0.4) is 0 Å². The van der Waals surface area contributed by atoms with Crippen molar-refractivity contribution in [3.05, 3.63) is 35.9 Å². The second-order valence-corrected chi connectivity index (χ2v) is 2.68. The van der Waals surface area contributed by atoms with Crippen LogP contribution in [0.5, 0.6) is 0 Å². The molecule has 1 nitrogen and oxygen atoms in total. The van der Waals surface area contributed by atoms with Crippen molar-refractivity contribution in [2.24, 2.45) is 0 Å². The lowest BCUT2D eigenvalue weighted by Gasteiger charge is -1.98. The maximum Gasteiger partial charge on any atom is 0.0337 e. The largest absolute Gasteiger partial charge is 0.388 e. The minimum Gasteiger partial charge on any atom is -0.388 e. The van der Waals surface area contributed by atoms with E-state index in [1.165, 1.54) is 5.56 Å². The van der Waals surface area contributed by atoms with Crippen LogP contribution < -0.4 is 5.32 Å². The van der Waals surface area contributed by atoms with Crippen molar-refractivity contribution >= 4 is 11.8 Å². The maximum atomic E-state index is 3.09. The fraction of sp³-hybridized carbons (Fsp3) is 0.273. The number of allylic oxidation sites excluding steroid dienone is 1. The molecule has 0 atom stereocenters. The van der Waals surface area contributed by atoms with E-state index in [1.54, 1.807) is 0 Å². The minimum absolute atomic E-state index is 1.09. The van der Waals surface area contributed by atoms with Gasteiger partial charge >= 0.3 is 0 Å². The molecule has 12 heavy (non-hydrogen) atoms. The van der Waals surface area contributed by atoms with Crippen LogP contribution in [-0.4, -0.2) is 7.05 Å². The van der Waals surface area contributed by atoms with Gasteiger partial charge in [0.1, 0.15) is 0 Å². The van der Waals surface area contributed by atoms with Gasteiger partial charge in [-0.3, -0.25) is 0 Å². The highest BCUT2D eigenvalue weighted by molar-refractivity contribution is 5.54. The topological polar surface area (TPSA) is 12.0 Å². The Hall–Kier alpha value is -1.24. The highest BCUT2D eigenvalue weighted by Gasteiger charge is 1.86. The van der Waals surface area contributed by atoms with Gasteiger partial charge in [0.05, 0.1) is 0 Å². The molecule has 1 aromatic carbocycles. The third kappa shape index (κ3) is 2.42. The van der Waals surface area contributed by atoms with Gasteiger partial charge in [0.25, 0.3) is 0 Å². The summed E-state index contributed by atoms with van der Waals surface area (Å²) in [4.78, 5) is 0. The van der Waals surface area contributed by atoms with E-state index in [-0.39, 0.29) is 0 Å². The van der Waals surface area contributed by atoms with Gasteiger partial charge in [0.15, 0.2) is 0 Å². The Balaban J connectivity index is 2.71. The van der Waals surface area contributed by atoms with Crippen LogP contribution in [0.2, 0.25) is 0 Å². The lowest BCUT2D eigenvalue weighted by molar-refractivity contribution is 1.23. The van der Waals surface area contributed by atoms with Crippen molar-refractivity contribution in [2.75, 3.05) is 12.4 Å². The Morgan fingerprint density at radius 2 is 1.92 bits per heavy atom. The Bertz CT molecular complexity index is 246. The van der Waals surface area contributed by atoms with E-state index in [2.05, 4.69) is 48.7 Å². The molecule has 0 aliphatic heterocycles. The van der Waals surface area contributed by atoms with E-state index in [0.717, 1.165) is 12.1 Å². The molecule has 1 heteroatoms. The fourth-order valence-corrected chi connectivity index (χ4v) is 1.01. The zero-order chi connectivity index (χ0) is 8.81. The first-order valence-electron chi connectivity index (χ1n) is 4.31. The van der Waals surface area contributed by atoms with Crippen LogP contribution in [-0.2, 0) is 0 Å². The summed E-state index contributed by atoms with van der Waals surface area (Å²) in [7, 11) is 1.93. The summed E-state index contributed by atoms with van der Waals surface area (Å²) in [5, 5.41) is 3.09. The van der Waals surface area contributed by atoms with Gasteiger partial charge in [-0.1, -0.05) is 31.2 Å². The Kier molecular flexibility index (Phi) is 3.39. The molecule has 0 fully saturated rings. The highest BCUT2D eigenvalue weighted by atomic mass is 14.8. The van der Waals surface area contributed by atoms with Crippen LogP contribution in [0.25, 0.3) is 6.08 Å². The molecule has 1 aromatic rings. The lowest BCUT2D eigenvalue weighted by Crippen LogP contribution is -1.86. The molecular weight excluding hydrogens is 146 g/mol. The van der Waals surface area contributed by atoms with Crippen LogP contribution >= 0.6 is 0 Å². The van der Waals surface area contributed by atoms with Crippen molar-refractivity contribution < 1.29 is 0 Å². The van der Waals surface area contributed by atoms with Gasteiger partial charge in [-0.2, -0.15) is 0 Å². The molecule has 0 bridgehead atoms. The van der Waals surface area contributed by atoms with Crippen molar-refractivity contribution in [2.45, 2.75) is 13.3 Å². The predicted octanol–water partition coefficient (Wildman–Crippen LogP) is 3.15. The fourth-order valence-electron chi connectivity index (χ4n) is 1.01. The van der Waals surface area contributed by atoms with Gasteiger partial charge in [0, 0.05) is 12.7 Å². The minimum atomic E-state index is 1.09. The molecule has 0 aliphatic rings. The summed E-state index contributed by atoms with van der Waals surface area (Å²) in [6.45, 7) is 2.14. The number of nitrogens with one attached hydrogen (secondary N) is 1. The first kappa shape index (κ1) is 8.85. The van der Waals surface area contributed by atoms with Crippen molar-refractivity contribution in [3.8, 4) is 0 Å². The Morgan fingerprint density at radius 1 is 1.25 bits per heavy atom. The van der Waals surface area contributed by atoms with Gasteiger partial charge < -0.3 is 5.32 Å². The van der Waals surface area contributed by atoms with Crippen molar-refractivity contribution in [3.63, 3.8) is 0 Å². The van der Waals surface area contributed by atoms with Crippen LogP contribution in [0.1, 0.15) is 18.9 Å². The summed E-state index contributed by atoms with van der Waals surface area (Å²) < 4.78 is 0. The first-order chi connectivity index (χ1) is 5.86. The maximum absolute atomic E-state index is 3.09.